The van der Waals surface area contributed by atoms with Gasteiger partial charge in [0.1, 0.15) is 5.82 Å². The first kappa shape index (κ1) is 11.9. The summed E-state index contributed by atoms with van der Waals surface area (Å²) in [6, 6.07) is 15.8. The van der Waals surface area contributed by atoms with Gasteiger partial charge in [-0.15, -0.1) is 0 Å². The summed E-state index contributed by atoms with van der Waals surface area (Å²) < 4.78 is 0. The van der Waals surface area contributed by atoms with E-state index in [0.717, 1.165) is 11.4 Å². The van der Waals surface area contributed by atoms with Crippen LogP contribution >= 0.6 is 0 Å². The Morgan fingerprint density at radius 3 is 2.61 bits per heavy atom. The van der Waals surface area contributed by atoms with Crippen molar-refractivity contribution in [3.8, 4) is 6.07 Å². The minimum absolute atomic E-state index is 0.434. The lowest BCUT2D eigenvalue weighted by molar-refractivity contribution is 0.946. The van der Waals surface area contributed by atoms with Gasteiger partial charge in [-0.1, -0.05) is 18.2 Å². The Labute approximate surface area is 106 Å². The smallest absolute Gasteiger partial charge is 0.147 e. The van der Waals surface area contributed by atoms with E-state index in [0.29, 0.717) is 18.8 Å². The largest absolute Gasteiger partial charge is 0.382 e. The Hall–Kier alpha value is -2.54. The van der Waals surface area contributed by atoms with Crippen molar-refractivity contribution in [3.63, 3.8) is 0 Å². The Bertz CT molecular complexity index is 545. The molecule has 0 bridgehead atoms. The number of nitriles is 1. The van der Waals surface area contributed by atoms with Gasteiger partial charge in [-0.25, -0.2) is 4.98 Å². The summed E-state index contributed by atoms with van der Waals surface area (Å²) in [5.74, 6) is 0.472. The number of nitrogens with zero attached hydrogens (tertiary/aromatic N) is 3. The summed E-state index contributed by atoms with van der Waals surface area (Å²) in [4.78, 5) is 6.09. The van der Waals surface area contributed by atoms with Crippen LogP contribution in [0.3, 0.4) is 0 Å². The Balaban J connectivity index is 2.38. The first-order chi connectivity index (χ1) is 8.83. The summed E-state index contributed by atoms with van der Waals surface area (Å²) >= 11 is 0. The molecule has 0 radical (unpaired) electrons. The monoisotopic (exact) mass is 238 g/mol. The fourth-order valence-electron chi connectivity index (χ4n) is 1.80. The molecule has 1 aromatic carbocycles. The van der Waals surface area contributed by atoms with Crippen molar-refractivity contribution in [1.82, 2.24) is 4.98 Å². The zero-order valence-electron chi connectivity index (χ0n) is 9.95. The highest BCUT2D eigenvalue weighted by Gasteiger charge is 2.11. The average Bonchev–Trinajstić information content (AvgIpc) is 2.42. The quantitative estimate of drug-likeness (QED) is 0.889. The highest BCUT2D eigenvalue weighted by molar-refractivity contribution is 5.72. The van der Waals surface area contributed by atoms with E-state index in [4.69, 9.17) is 11.0 Å². The Kier molecular flexibility index (Phi) is 3.77. The molecule has 0 aliphatic carbocycles. The molecule has 1 aromatic heterocycles. The van der Waals surface area contributed by atoms with Crippen LogP contribution in [0.2, 0.25) is 0 Å². The van der Waals surface area contributed by atoms with Gasteiger partial charge < -0.3 is 10.6 Å². The zero-order chi connectivity index (χ0) is 12.8. The second-order valence-corrected chi connectivity index (χ2v) is 3.80. The molecule has 0 aliphatic rings. The van der Waals surface area contributed by atoms with Crippen molar-refractivity contribution in [3.05, 3.63) is 48.7 Å². The lowest BCUT2D eigenvalue weighted by Crippen LogP contribution is -2.19. The van der Waals surface area contributed by atoms with Crippen LogP contribution in [0.1, 0.15) is 6.42 Å². The third kappa shape index (κ3) is 2.58. The molecule has 0 saturated carbocycles. The van der Waals surface area contributed by atoms with Crippen molar-refractivity contribution >= 4 is 17.2 Å². The van der Waals surface area contributed by atoms with E-state index in [9.17, 15) is 0 Å². The van der Waals surface area contributed by atoms with Crippen molar-refractivity contribution in [2.45, 2.75) is 6.42 Å². The van der Waals surface area contributed by atoms with Gasteiger partial charge in [-0.2, -0.15) is 5.26 Å². The Morgan fingerprint density at radius 2 is 1.94 bits per heavy atom. The molecule has 0 amide bonds. The van der Waals surface area contributed by atoms with Gasteiger partial charge in [-0.05, 0) is 24.3 Å². The van der Waals surface area contributed by atoms with E-state index in [1.807, 2.05) is 47.4 Å². The second kappa shape index (κ2) is 5.69. The number of pyridine rings is 1. The molecular formula is C14H14N4. The molecule has 2 rings (SSSR count). The van der Waals surface area contributed by atoms with Crippen molar-refractivity contribution in [2.75, 3.05) is 17.2 Å². The molecule has 90 valence electrons. The van der Waals surface area contributed by atoms with Gasteiger partial charge in [0.15, 0.2) is 0 Å². The fraction of sp³-hybridized carbons (Fsp3) is 0.143. The molecule has 18 heavy (non-hydrogen) atoms. The normalized spacial score (nSPS) is 9.72. The van der Waals surface area contributed by atoms with Gasteiger partial charge in [-0.3, -0.25) is 0 Å². The number of hydrogen-bond donors (Lipinski definition) is 1. The molecular weight excluding hydrogens is 224 g/mol. The van der Waals surface area contributed by atoms with Crippen molar-refractivity contribution in [1.29, 1.82) is 5.26 Å². The maximum atomic E-state index is 8.75. The van der Waals surface area contributed by atoms with Crippen LogP contribution < -0.4 is 10.6 Å². The van der Waals surface area contributed by atoms with E-state index < -0.39 is 0 Å². The summed E-state index contributed by atoms with van der Waals surface area (Å²) in [6.45, 7) is 0.594. The number of aromatic nitrogens is 1. The van der Waals surface area contributed by atoms with Crippen LogP contribution in [0.15, 0.2) is 48.7 Å². The molecule has 0 spiro atoms. The van der Waals surface area contributed by atoms with Crippen LogP contribution in [0.4, 0.5) is 17.2 Å². The van der Waals surface area contributed by atoms with Crippen molar-refractivity contribution in [2.24, 2.45) is 0 Å². The maximum Gasteiger partial charge on any atom is 0.147 e. The van der Waals surface area contributed by atoms with Crippen LogP contribution in [-0.4, -0.2) is 11.5 Å². The van der Waals surface area contributed by atoms with E-state index in [-0.39, 0.29) is 0 Å². The molecule has 0 atom stereocenters. The number of nitrogens with two attached hydrogens (primary N) is 1. The minimum Gasteiger partial charge on any atom is -0.382 e. The average molecular weight is 238 g/mol. The van der Waals surface area contributed by atoms with Crippen LogP contribution in [0, 0.1) is 11.3 Å². The van der Waals surface area contributed by atoms with E-state index in [1.165, 1.54) is 0 Å². The lowest BCUT2D eigenvalue weighted by Gasteiger charge is -2.24. The van der Waals surface area contributed by atoms with Gasteiger partial charge in [0.2, 0.25) is 0 Å². The van der Waals surface area contributed by atoms with E-state index in [2.05, 4.69) is 11.1 Å². The molecule has 4 heteroatoms. The zero-order valence-corrected chi connectivity index (χ0v) is 9.95. The third-order valence-electron chi connectivity index (χ3n) is 2.62. The fourth-order valence-corrected chi connectivity index (χ4v) is 1.80. The number of benzene rings is 1. The predicted octanol–water partition coefficient (Wildman–Crippen LogP) is 2.72. The van der Waals surface area contributed by atoms with Crippen molar-refractivity contribution < 1.29 is 0 Å². The van der Waals surface area contributed by atoms with Gasteiger partial charge >= 0.3 is 0 Å². The first-order valence-electron chi connectivity index (χ1n) is 5.73. The highest BCUT2D eigenvalue weighted by Crippen LogP contribution is 2.28. The van der Waals surface area contributed by atoms with E-state index >= 15 is 0 Å². The molecule has 0 saturated heterocycles. The lowest BCUT2D eigenvalue weighted by atomic mass is 10.2. The molecule has 2 N–H and O–H groups in total. The number of hydrogen-bond acceptors (Lipinski definition) is 4. The summed E-state index contributed by atoms with van der Waals surface area (Å²) in [7, 11) is 0. The van der Waals surface area contributed by atoms with Crippen LogP contribution in [0.5, 0.6) is 0 Å². The predicted molar refractivity (Wildman–Crippen MR) is 72.3 cm³/mol. The molecule has 0 aliphatic heterocycles. The molecule has 4 nitrogen and oxygen atoms in total. The van der Waals surface area contributed by atoms with Crippen LogP contribution in [-0.2, 0) is 0 Å². The third-order valence-corrected chi connectivity index (χ3v) is 2.62. The number of rotatable bonds is 4. The van der Waals surface area contributed by atoms with Gasteiger partial charge in [0, 0.05) is 18.4 Å². The molecule has 0 unspecified atom stereocenters. The number of anilines is 3. The first-order valence-corrected chi connectivity index (χ1v) is 5.73. The van der Waals surface area contributed by atoms with Gasteiger partial charge in [0.05, 0.1) is 18.2 Å². The summed E-state index contributed by atoms with van der Waals surface area (Å²) in [5, 5.41) is 8.75. The molecule has 1 heterocycles. The summed E-state index contributed by atoms with van der Waals surface area (Å²) in [6.07, 6.45) is 2.09. The number of para-hydroxylation sites is 1. The van der Waals surface area contributed by atoms with E-state index in [1.54, 1.807) is 6.20 Å². The standard InChI is InChI=1S/C14H14N4/c15-9-5-11-18(12-6-2-1-3-7-12)13-8-4-10-17-14(13)16/h1-4,6-8,10H,5,11H2,(H2,16,17). The summed E-state index contributed by atoms with van der Waals surface area (Å²) in [5.41, 5.74) is 7.73. The van der Waals surface area contributed by atoms with Gasteiger partial charge in [0.25, 0.3) is 0 Å². The Morgan fingerprint density at radius 1 is 1.17 bits per heavy atom. The molecule has 0 fully saturated rings. The highest BCUT2D eigenvalue weighted by atomic mass is 15.2. The minimum atomic E-state index is 0.434. The SMILES string of the molecule is N#CCCN(c1ccccc1)c1cccnc1N. The maximum absolute atomic E-state index is 8.75. The topological polar surface area (TPSA) is 65.9 Å². The number of nitrogen functional groups attached to an aromatic ring is 1. The molecule has 2 aromatic rings. The second-order valence-electron chi connectivity index (χ2n) is 3.80. The van der Waals surface area contributed by atoms with Crippen LogP contribution in [0.25, 0.3) is 0 Å².